The molecule has 0 spiro atoms. The van der Waals surface area contributed by atoms with Crippen LogP contribution in [0.1, 0.15) is 30.0 Å². The molecule has 170 valence electrons. The van der Waals surface area contributed by atoms with Crippen LogP contribution in [-0.4, -0.2) is 16.2 Å². The molecule has 0 bridgehead atoms. The number of allylic oxidation sites excluding steroid dienone is 1. The molecule has 34 heavy (non-hydrogen) atoms. The Hall–Kier alpha value is -3.97. The monoisotopic (exact) mass is 474 g/mol. The second-order valence-corrected chi connectivity index (χ2v) is 8.48. The van der Waals surface area contributed by atoms with Crippen molar-refractivity contribution in [2.45, 2.75) is 19.9 Å². The maximum atomic E-state index is 13.7. The van der Waals surface area contributed by atoms with Crippen LogP contribution >= 0.6 is 11.6 Å². The lowest BCUT2D eigenvalue weighted by Gasteiger charge is -2.35. The van der Waals surface area contributed by atoms with Crippen LogP contribution in [0, 0.1) is 12.7 Å². The molecule has 1 unspecified atom stereocenters. The Morgan fingerprint density at radius 1 is 1.03 bits per heavy atom. The summed E-state index contributed by atoms with van der Waals surface area (Å²) in [7, 11) is 0. The van der Waals surface area contributed by atoms with Crippen molar-refractivity contribution in [3.05, 3.63) is 106 Å². The van der Waals surface area contributed by atoms with E-state index in [1.54, 1.807) is 29.2 Å². The Balaban J connectivity index is 1.67. The van der Waals surface area contributed by atoms with E-state index in [4.69, 9.17) is 16.1 Å². The standard InChI is InChI=1S/C26H20ClFN4O2/c1-15-6-3-11-21(12-15)32-16(2)22(23(29-26(32)33)17-7-4-9-19(27)13-17)25-30-24(31-34-25)18-8-5-10-20(28)14-18/h3-14,23H,1-2H3,(H,29,33). The molecular formula is C26H20ClFN4O2. The van der Waals surface area contributed by atoms with Gasteiger partial charge in [0.05, 0.1) is 17.3 Å². The van der Waals surface area contributed by atoms with E-state index in [1.165, 1.54) is 12.1 Å². The second-order valence-electron chi connectivity index (χ2n) is 8.04. The molecule has 3 aromatic carbocycles. The Labute approximate surface area is 200 Å². The van der Waals surface area contributed by atoms with Gasteiger partial charge in [0.1, 0.15) is 5.82 Å². The van der Waals surface area contributed by atoms with Crippen LogP contribution in [0.5, 0.6) is 0 Å². The number of hydrogen-bond acceptors (Lipinski definition) is 4. The van der Waals surface area contributed by atoms with Gasteiger partial charge in [0.2, 0.25) is 5.82 Å². The van der Waals surface area contributed by atoms with E-state index in [2.05, 4.69) is 15.5 Å². The number of amides is 2. The molecule has 1 aromatic heterocycles. The molecule has 0 saturated carbocycles. The van der Waals surface area contributed by atoms with Gasteiger partial charge in [-0.15, -0.1) is 0 Å². The molecule has 6 nitrogen and oxygen atoms in total. The molecule has 1 aliphatic rings. The van der Waals surface area contributed by atoms with Gasteiger partial charge >= 0.3 is 6.03 Å². The number of carbonyl (C=O) groups is 1. The van der Waals surface area contributed by atoms with Crippen LogP contribution in [0.15, 0.2) is 83.0 Å². The van der Waals surface area contributed by atoms with Gasteiger partial charge in [-0.05, 0) is 61.4 Å². The molecule has 2 heterocycles. The Kier molecular flexibility index (Phi) is 5.63. The van der Waals surface area contributed by atoms with Crippen molar-refractivity contribution in [1.82, 2.24) is 15.5 Å². The van der Waals surface area contributed by atoms with Crippen LogP contribution in [0.25, 0.3) is 17.0 Å². The summed E-state index contributed by atoms with van der Waals surface area (Å²) in [6.45, 7) is 3.80. The molecule has 4 aromatic rings. The smallest absolute Gasteiger partial charge is 0.326 e. The molecule has 0 saturated heterocycles. The second kappa shape index (κ2) is 8.76. The number of benzene rings is 3. The first-order valence-electron chi connectivity index (χ1n) is 10.6. The summed E-state index contributed by atoms with van der Waals surface area (Å²) in [6.07, 6.45) is 0. The predicted molar refractivity (Wildman–Crippen MR) is 129 cm³/mol. The quantitative estimate of drug-likeness (QED) is 0.364. The lowest BCUT2D eigenvalue weighted by Crippen LogP contribution is -2.46. The number of carbonyl (C=O) groups excluding carboxylic acids is 1. The minimum atomic E-state index is -0.576. The zero-order valence-corrected chi connectivity index (χ0v) is 19.2. The maximum absolute atomic E-state index is 13.7. The van der Waals surface area contributed by atoms with Crippen molar-refractivity contribution in [3.63, 3.8) is 0 Å². The fourth-order valence-electron chi connectivity index (χ4n) is 4.11. The van der Waals surface area contributed by atoms with Crippen molar-refractivity contribution in [1.29, 1.82) is 0 Å². The molecule has 1 atom stereocenters. The normalized spacial score (nSPS) is 16.1. The largest absolute Gasteiger partial charge is 0.334 e. The van der Waals surface area contributed by atoms with Crippen molar-refractivity contribution in [2.75, 3.05) is 4.90 Å². The molecule has 1 aliphatic heterocycles. The minimum Gasteiger partial charge on any atom is -0.334 e. The first-order valence-corrected chi connectivity index (χ1v) is 11.0. The van der Waals surface area contributed by atoms with Gasteiger partial charge < -0.3 is 9.84 Å². The molecule has 2 amide bonds. The van der Waals surface area contributed by atoms with Crippen molar-refractivity contribution in [3.8, 4) is 11.4 Å². The number of nitrogens with one attached hydrogen (secondary N) is 1. The van der Waals surface area contributed by atoms with Crippen LogP contribution in [-0.2, 0) is 0 Å². The lowest BCUT2D eigenvalue weighted by molar-refractivity contribution is 0.244. The zero-order chi connectivity index (χ0) is 23.8. The summed E-state index contributed by atoms with van der Waals surface area (Å²) < 4.78 is 19.4. The number of hydrogen-bond donors (Lipinski definition) is 1. The number of anilines is 1. The summed E-state index contributed by atoms with van der Waals surface area (Å²) in [5.74, 6) is 0.0737. The van der Waals surface area contributed by atoms with Crippen LogP contribution in [0.3, 0.4) is 0 Å². The van der Waals surface area contributed by atoms with Crippen molar-refractivity contribution in [2.24, 2.45) is 0 Å². The number of nitrogens with zero attached hydrogens (tertiary/aromatic N) is 3. The summed E-state index contributed by atoms with van der Waals surface area (Å²) in [4.78, 5) is 19.4. The summed E-state index contributed by atoms with van der Waals surface area (Å²) in [6, 6.07) is 20.0. The van der Waals surface area contributed by atoms with Crippen LogP contribution < -0.4 is 10.2 Å². The van der Waals surface area contributed by atoms with Gasteiger partial charge in [0.25, 0.3) is 5.89 Å². The van der Waals surface area contributed by atoms with E-state index in [9.17, 15) is 9.18 Å². The van der Waals surface area contributed by atoms with Crippen molar-refractivity contribution < 1.29 is 13.7 Å². The molecule has 5 rings (SSSR count). The third-order valence-corrected chi connectivity index (χ3v) is 5.90. The summed E-state index contributed by atoms with van der Waals surface area (Å²) >= 11 is 6.25. The minimum absolute atomic E-state index is 0.222. The molecular weight excluding hydrogens is 455 g/mol. The first kappa shape index (κ1) is 21.9. The van der Waals surface area contributed by atoms with E-state index in [0.717, 1.165) is 11.1 Å². The van der Waals surface area contributed by atoms with Crippen LogP contribution in [0.2, 0.25) is 5.02 Å². The first-order chi connectivity index (χ1) is 16.4. The molecule has 0 radical (unpaired) electrons. The Morgan fingerprint density at radius 2 is 1.82 bits per heavy atom. The van der Waals surface area contributed by atoms with Gasteiger partial charge in [-0.2, -0.15) is 4.98 Å². The Bertz CT molecular complexity index is 1430. The fourth-order valence-corrected chi connectivity index (χ4v) is 4.31. The van der Waals surface area contributed by atoms with E-state index < -0.39 is 11.9 Å². The van der Waals surface area contributed by atoms with E-state index in [-0.39, 0.29) is 17.7 Å². The summed E-state index contributed by atoms with van der Waals surface area (Å²) in [5, 5.41) is 7.66. The average Bonchev–Trinajstić information content (AvgIpc) is 3.28. The van der Waals surface area contributed by atoms with E-state index >= 15 is 0 Å². The molecule has 0 aliphatic carbocycles. The van der Waals surface area contributed by atoms with Gasteiger partial charge in [-0.1, -0.05) is 53.2 Å². The van der Waals surface area contributed by atoms with Gasteiger partial charge in [0, 0.05) is 16.3 Å². The number of aromatic nitrogens is 2. The molecule has 8 heteroatoms. The lowest BCUT2D eigenvalue weighted by atomic mass is 9.94. The third-order valence-electron chi connectivity index (χ3n) is 5.67. The third kappa shape index (κ3) is 4.06. The zero-order valence-electron chi connectivity index (χ0n) is 18.4. The van der Waals surface area contributed by atoms with Crippen LogP contribution in [0.4, 0.5) is 14.9 Å². The van der Waals surface area contributed by atoms with E-state index in [0.29, 0.717) is 27.5 Å². The highest BCUT2D eigenvalue weighted by atomic mass is 35.5. The van der Waals surface area contributed by atoms with E-state index in [1.807, 2.05) is 50.2 Å². The number of urea groups is 1. The molecule has 1 N–H and O–H groups in total. The Morgan fingerprint density at radius 3 is 2.59 bits per heavy atom. The highest BCUT2D eigenvalue weighted by Crippen LogP contribution is 2.39. The average molecular weight is 475 g/mol. The van der Waals surface area contributed by atoms with Gasteiger partial charge in [-0.3, -0.25) is 4.90 Å². The predicted octanol–water partition coefficient (Wildman–Crippen LogP) is 6.54. The van der Waals surface area contributed by atoms with Gasteiger partial charge in [-0.25, -0.2) is 9.18 Å². The maximum Gasteiger partial charge on any atom is 0.326 e. The topological polar surface area (TPSA) is 71.3 Å². The van der Waals surface area contributed by atoms with Gasteiger partial charge in [0.15, 0.2) is 0 Å². The fraction of sp³-hybridized carbons (Fsp3) is 0.115. The number of rotatable bonds is 4. The summed E-state index contributed by atoms with van der Waals surface area (Å²) in [5.41, 5.74) is 4.24. The molecule has 0 fully saturated rings. The van der Waals surface area contributed by atoms with Crippen molar-refractivity contribution >= 4 is 28.9 Å². The SMILES string of the molecule is CC1=C(c2nc(-c3cccc(F)c3)no2)C(c2cccc(Cl)c2)NC(=O)N1c1cccc(C)c1. The number of halogens is 2. The highest BCUT2D eigenvalue weighted by Gasteiger charge is 2.36. The highest BCUT2D eigenvalue weighted by molar-refractivity contribution is 6.30. The number of aryl methyl sites for hydroxylation is 1.